The van der Waals surface area contributed by atoms with Gasteiger partial charge in [-0.15, -0.1) is 0 Å². The largest absolute Gasteiger partial charge is 0.481 e. The van der Waals surface area contributed by atoms with Crippen LogP contribution in [-0.4, -0.2) is 26.6 Å². The smallest absolute Gasteiger partial charge is 0.306 e. The van der Waals surface area contributed by atoms with Gasteiger partial charge in [-0.3, -0.25) is 9.59 Å². The van der Waals surface area contributed by atoms with Gasteiger partial charge in [-0.25, -0.2) is 4.68 Å². The third-order valence-electron chi connectivity index (χ3n) is 4.04. The molecule has 3 rings (SSSR count). The van der Waals surface area contributed by atoms with E-state index in [0.29, 0.717) is 24.8 Å². The zero-order valence-electron chi connectivity index (χ0n) is 11.5. The van der Waals surface area contributed by atoms with Crippen molar-refractivity contribution in [3.8, 4) is 5.69 Å². The van der Waals surface area contributed by atoms with Crippen LogP contribution in [0, 0.1) is 11.8 Å². The molecular formula is C16H16N2O3. The molecule has 5 nitrogen and oxygen atoms in total. The van der Waals surface area contributed by atoms with Gasteiger partial charge in [-0.05, 0) is 31.4 Å². The van der Waals surface area contributed by atoms with Crippen LogP contribution in [-0.2, 0) is 4.79 Å². The summed E-state index contributed by atoms with van der Waals surface area (Å²) in [5, 5.41) is 13.2. The Hall–Kier alpha value is -2.43. The molecule has 0 saturated heterocycles. The second-order valence-electron chi connectivity index (χ2n) is 5.42. The molecule has 1 aromatic heterocycles. The molecular weight excluding hydrogens is 268 g/mol. The van der Waals surface area contributed by atoms with Gasteiger partial charge in [0.15, 0.2) is 5.78 Å². The highest BCUT2D eigenvalue weighted by atomic mass is 16.4. The number of para-hydroxylation sites is 1. The predicted molar refractivity (Wildman–Crippen MR) is 76.4 cm³/mol. The lowest BCUT2D eigenvalue weighted by molar-refractivity contribution is -0.141. The maximum atomic E-state index is 12.4. The number of hydrogen-bond acceptors (Lipinski definition) is 3. The Balaban J connectivity index is 1.75. The van der Waals surface area contributed by atoms with Crippen LogP contribution in [0.15, 0.2) is 42.7 Å². The molecule has 108 valence electrons. The van der Waals surface area contributed by atoms with E-state index in [2.05, 4.69) is 5.10 Å². The molecule has 2 aromatic rings. The Morgan fingerprint density at radius 1 is 1.14 bits per heavy atom. The highest BCUT2D eigenvalue weighted by molar-refractivity contribution is 5.98. The number of hydrogen-bond donors (Lipinski definition) is 1. The first-order valence-corrected chi connectivity index (χ1v) is 7.02. The molecule has 1 N–H and O–H groups in total. The van der Waals surface area contributed by atoms with Gasteiger partial charge in [0.25, 0.3) is 0 Å². The number of carboxylic acid groups (broad SMARTS) is 1. The number of aliphatic carboxylic acids is 1. The molecule has 0 spiro atoms. The van der Waals surface area contributed by atoms with Gasteiger partial charge >= 0.3 is 5.97 Å². The Kier molecular flexibility index (Phi) is 3.56. The second kappa shape index (κ2) is 5.52. The van der Waals surface area contributed by atoms with Gasteiger partial charge in [-0.1, -0.05) is 18.2 Å². The van der Waals surface area contributed by atoms with Crippen molar-refractivity contribution in [1.29, 1.82) is 0 Å². The van der Waals surface area contributed by atoms with E-state index in [9.17, 15) is 9.59 Å². The maximum Gasteiger partial charge on any atom is 0.306 e. The van der Waals surface area contributed by atoms with E-state index in [4.69, 9.17) is 5.11 Å². The van der Waals surface area contributed by atoms with Gasteiger partial charge in [0.05, 0.1) is 23.4 Å². The van der Waals surface area contributed by atoms with Gasteiger partial charge in [0.1, 0.15) is 0 Å². The lowest BCUT2D eigenvalue weighted by Crippen LogP contribution is -2.14. The van der Waals surface area contributed by atoms with E-state index < -0.39 is 5.97 Å². The predicted octanol–water partition coefficient (Wildman–Crippen LogP) is 2.56. The minimum atomic E-state index is -0.801. The van der Waals surface area contributed by atoms with Crippen LogP contribution in [0.2, 0.25) is 0 Å². The first-order chi connectivity index (χ1) is 10.1. The molecule has 0 bridgehead atoms. The van der Waals surface area contributed by atoms with Crippen molar-refractivity contribution in [2.45, 2.75) is 19.3 Å². The molecule has 1 aromatic carbocycles. The number of ketones is 1. The zero-order chi connectivity index (χ0) is 14.8. The summed E-state index contributed by atoms with van der Waals surface area (Å²) in [7, 11) is 0. The Morgan fingerprint density at radius 2 is 1.86 bits per heavy atom. The highest BCUT2D eigenvalue weighted by Crippen LogP contribution is 2.33. The molecule has 0 aliphatic heterocycles. The second-order valence-corrected chi connectivity index (χ2v) is 5.42. The Morgan fingerprint density at radius 3 is 2.52 bits per heavy atom. The minimum absolute atomic E-state index is 0.000862. The van der Waals surface area contributed by atoms with E-state index in [1.807, 2.05) is 30.3 Å². The van der Waals surface area contributed by atoms with Crippen LogP contribution in [0.25, 0.3) is 5.69 Å². The summed E-state index contributed by atoms with van der Waals surface area (Å²) in [5.74, 6) is -1.38. The quantitative estimate of drug-likeness (QED) is 0.876. The monoisotopic (exact) mass is 284 g/mol. The highest BCUT2D eigenvalue weighted by Gasteiger charge is 2.34. The van der Waals surface area contributed by atoms with E-state index in [0.717, 1.165) is 5.69 Å². The molecule has 5 heteroatoms. The SMILES string of the molecule is O=C(O)C1CCC(C(=O)c2cnn(-c3ccccc3)c2)C1. The number of rotatable bonds is 4. The molecule has 1 aliphatic carbocycles. The number of carbonyl (C=O) groups is 2. The van der Waals surface area contributed by atoms with Crippen LogP contribution < -0.4 is 0 Å². The number of carbonyl (C=O) groups excluding carboxylic acids is 1. The summed E-state index contributed by atoms with van der Waals surface area (Å²) in [6, 6.07) is 9.57. The van der Waals surface area contributed by atoms with Crippen molar-refractivity contribution in [3.63, 3.8) is 0 Å². The lowest BCUT2D eigenvalue weighted by Gasteiger charge is -2.06. The molecule has 0 radical (unpaired) electrons. The standard InChI is InChI=1S/C16H16N2O3/c19-15(11-6-7-12(8-11)16(20)21)13-9-17-18(10-13)14-4-2-1-3-5-14/h1-5,9-12H,6-8H2,(H,20,21). The maximum absolute atomic E-state index is 12.4. The van der Waals surface area contributed by atoms with Crippen LogP contribution >= 0.6 is 0 Å². The molecule has 0 amide bonds. The first kappa shape index (κ1) is 13.5. The zero-order valence-corrected chi connectivity index (χ0v) is 11.5. The van der Waals surface area contributed by atoms with E-state index in [1.165, 1.54) is 0 Å². The summed E-state index contributed by atoms with van der Waals surface area (Å²) in [6.45, 7) is 0. The van der Waals surface area contributed by atoms with Crippen molar-refractivity contribution in [2.24, 2.45) is 11.8 Å². The van der Waals surface area contributed by atoms with Gasteiger partial charge in [0, 0.05) is 12.1 Å². The van der Waals surface area contributed by atoms with Gasteiger partial charge in [-0.2, -0.15) is 5.10 Å². The average molecular weight is 284 g/mol. The van der Waals surface area contributed by atoms with Gasteiger partial charge in [0.2, 0.25) is 0 Å². The molecule has 1 heterocycles. The molecule has 2 unspecified atom stereocenters. The van der Waals surface area contributed by atoms with Crippen LogP contribution in [0.3, 0.4) is 0 Å². The number of benzene rings is 1. The number of Topliss-reactive ketones (excluding diaryl/α,β-unsaturated/α-hetero) is 1. The van der Waals surface area contributed by atoms with Gasteiger partial charge < -0.3 is 5.11 Å². The van der Waals surface area contributed by atoms with E-state index >= 15 is 0 Å². The molecule has 21 heavy (non-hydrogen) atoms. The van der Waals surface area contributed by atoms with Crippen molar-refractivity contribution in [2.75, 3.05) is 0 Å². The molecule has 2 atom stereocenters. The fraction of sp³-hybridized carbons (Fsp3) is 0.312. The normalized spacial score (nSPS) is 21.3. The van der Waals surface area contributed by atoms with Crippen molar-refractivity contribution < 1.29 is 14.7 Å². The first-order valence-electron chi connectivity index (χ1n) is 7.02. The summed E-state index contributed by atoms with van der Waals surface area (Å²) < 4.78 is 1.66. The number of carboxylic acids is 1. The molecule has 1 saturated carbocycles. The number of nitrogens with zero attached hydrogens (tertiary/aromatic N) is 2. The summed E-state index contributed by atoms with van der Waals surface area (Å²) in [4.78, 5) is 23.4. The summed E-state index contributed by atoms with van der Waals surface area (Å²) in [6.07, 6.45) is 4.94. The van der Waals surface area contributed by atoms with Crippen molar-refractivity contribution in [3.05, 3.63) is 48.3 Å². The van der Waals surface area contributed by atoms with E-state index in [1.54, 1.807) is 17.1 Å². The Bertz CT molecular complexity index is 663. The lowest BCUT2D eigenvalue weighted by atomic mass is 9.97. The van der Waals surface area contributed by atoms with Crippen LogP contribution in [0.4, 0.5) is 0 Å². The average Bonchev–Trinajstić information content (AvgIpc) is 3.17. The van der Waals surface area contributed by atoms with Crippen molar-refractivity contribution >= 4 is 11.8 Å². The number of aromatic nitrogens is 2. The minimum Gasteiger partial charge on any atom is -0.481 e. The third kappa shape index (κ3) is 2.72. The Labute approximate surface area is 122 Å². The molecule has 1 aliphatic rings. The summed E-state index contributed by atoms with van der Waals surface area (Å²) >= 11 is 0. The molecule has 1 fully saturated rings. The van der Waals surface area contributed by atoms with E-state index in [-0.39, 0.29) is 17.6 Å². The summed E-state index contributed by atoms with van der Waals surface area (Å²) in [5.41, 5.74) is 1.45. The van der Waals surface area contributed by atoms with Crippen LogP contribution in [0.5, 0.6) is 0 Å². The third-order valence-corrected chi connectivity index (χ3v) is 4.04. The fourth-order valence-corrected chi connectivity index (χ4v) is 2.85. The fourth-order valence-electron chi connectivity index (χ4n) is 2.85. The topological polar surface area (TPSA) is 72.2 Å². The van der Waals surface area contributed by atoms with Crippen molar-refractivity contribution in [1.82, 2.24) is 9.78 Å². The van der Waals surface area contributed by atoms with Crippen LogP contribution in [0.1, 0.15) is 29.6 Å².